The number of carboxylic acid groups (broad SMARTS) is 1. The predicted octanol–water partition coefficient (Wildman–Crippen LogP) is -0.846. The third-order valence-corrected chi connectivity index (χ3v) is 8.85. The van der Waals surface area contributed by atoms with Crippen molar-refractivity contribution in [2.24, 2.45) is 12.5 Å². The molecule has 4 heterocycles. The second-order valence-electron chi connectivity index (χ2n) is 7.20. The summed E-state index contributed by atoms with van der Waals surface area (Å²) >= 11 is 3.65. The molecule has 3 N–H and O–H groups in total. The van der Waals surface area contributed by atoms with Crippen LogP contribution in [0.4, 0.5) is 5.13 Å². The number of β-lactam (4-membered cyclic amide) rings is 1. The van der Waals surface area contributed by atoms with E-state index in [2.05, 4.69) is 31.1 Å². The highest BCUT2D eigenvalue weighted by atomic mass is 32.2. The van der Waals surface area contributed by atoms with E-state index in [0.717, 1.165) is 0 Å². The highest BCUT2D eigenvalue weighted by molar-refractivity contribution is 8.00. The number of nitrogens with one attached hydrogen (secondary N) is 2. The van der Waals surface area contributed by atoms with Crippen LogP contribution < -0.4 is 10.6 Å². The van der Waals surface area contributed by atoms with Gasteiger partial charge in [-0.25, -0.2) is 9.67 Å². The molecule has 2 saturated heterocycles. The molecule has 4 rings (SSSR count). The van der Waals surface area contributed by atoms with Gasteiger partial charge in [-0.1, -0.05) is 11.8 Å². The van der Waals surface area contributed by atoms with Crippen molar-refractivity contribution >= 4 is 63.6 Å². The Hall–Kier alpha value is -2.72. The van der Waals surface area contributed by atoms with Crippen molar-refractivity contribution in [2.75, 3.05) is 30.4 Å². The van der Waals surface area contributed by atoms with Crippen LogP contribution in [0.1, 0.15) is 10.5 Å². The smallest absolute Gasteiger partial charge is 0.313 e. The molecule has 3 atom stereocenters. The Morgan fingerprint density at radius 3 is 2.81 bits per heavy atom. The topological polar surface area (TPSA) is 172 Å². The molecule has 13 nitrogen and oxygen atoms in total. The van der Waals surface area contributed by atoms with E-state index in [-0.39, 0.29) is 23.7 Å². The zero-order chi connectivity index (χ0) is 23.0. The molecule has 0 spiro atoms. The van der Waals surface area contributed by atoms with Gasteiger partial charge in [0.15, 0.2) is 5.13 Å². The van der Waals surface area contributed by atoms with Crippen LogP contribution in [0.25, 0.3) is 0 Å². The molecule has 0 bridgehead atoms. The number of aryl methyl sites for hydroxylation is 1. The second kappa shape index (κ2) is 8.67. The Kier molecular flexibility index (Phi) is 6.09. The quantitative estimate of drug-likeness (QED) is 0.178. The van der Waals surface area contributed by atoms with Crippen molar-refractivity contribution in [1.82, 2.24) is 35.4 Å². The summed E-state index contributed by atoms with van der Waals surface area (Å²) in [5, 5.41) is 28.2. The van der Waals surface area contributed by atoms with Crippen LogP contribution in [0.5, 0.6) is 0 Å². The lowest BCUT2D eigenvalue weighted by atomic mass is 9.89. The first-order valence-electron chi connectivity index (χ1n) is 9.25. The van der Waals surface area contributed by atoms with Crippen LogP contribution >= 0.6 is 34.9 Å². The first-order chi connectivity index (χ1) is 15.3. The molecule has 2 amide bonds. The summed E-state index contributed by atoms with van der Waals surface area (Å²) in [5.41, 5.74) is -1.19. The molecule has 170 valence electrons. The van der Waals surface area contributed by atoms with Crippen molar-refractivity contribution < 1.29 is 24.3 Å². The van der Waals surface area contributed by atoms with Gasteiger partial charge >= 0.3 is 5.97 Å². The summed E-state index contributed by atoms with van der Waals surface area (Å²) in [4.78, 5) is 54.8. The molecular weight excluding hydrogens is 480 g/mol. The highest BCUT2D eigenvalue weighted by Crippen LogP contribution is 2.44. The van der Waals surface area contributed by atoms with Gasteiger partial charge in [0.25, 0.3) is 11.7 Å². The Bertz CT molecular complexity index is 1090. The summed E-state index contributed by atoms with van der Waals surface area (Å²) in [5.74, 6) is -2.79. The molecule has 2 fully saturated rings. The van der Waals surface area contributed by atoms with E-state index < -0.39 is 40.4 Å². The fourth-order valence-corrected chi connectivity index (χ4v) is 6.63. The van der Waals surface area contributed by atoms with Gasteiger partial charge in [-0.3, -0.25) is 19.2 Å². The molecule has 0 aromatic carbocycles. The maximum atomic E-state index is 12.7. The Morgan fingerprint density at radius 2 is 2.19 bits per heavy atom. The van der Waals surface area contributed by atoms with E-state index in [4.69, 9.17) is 0 Å². The maximum Gasteiger partial charge on any atom is 0.313 e. The highest BCUT2D eigenvalue weighted by Gasteiger charge is 2.57. The van der Waals surface area contributed by atoms with E-state index in [9.17, 15) is 24.3 Å². The number of rotatable bonds is 8. The minimum atomic E-state index is -1.19. The largest absolute Gasteiger partial charge is 0.481 e. The first-order valence-corrected chi connectivity index (χ1v) is 12.2. The van der Waals surface area contributed by atoms with E-state index in [1.807, 2.05) is 0 Å². The van der Waals surface area contributed by atoms with Crippen molar-refractivity contribution in [1.29, 1.82) is 0 Å². The Labute approximate surface area is 193 Å². The minimum absolute atomic E-state index is 0.00282. The van der Waals surface area contributed by atoms with Gasteiger partial charge in [-0.05, 0) is 10.4 Å². The van der Waals surface area contributed by atoms with Gasteiger partial charge in [0.05, 0.1) is 0 Å². The summed E-state index contributed by atoms with van der Waals surface area (Å²) < 4.78 is 1.44. The fraction of sp³-hybridized carbons (Fsp3) is 0.500. The number of anilines is 1. The van der Waals surface area contributed by atoms with Crippen molar-refractivity contribution in [3.8, 4) is 0 Å². The molecule has 0 radical (unpaired) electrons. The third-order valence-electron chi connectivity index (χ3n) is 5.10. The lowest BCUT2D eigenvalue weighted by Crippen LogP contribution is -2.74. The van der Waals surface area contributed by atoms with Crippen LogP contribution in [0.3, 0.4) is 0 Å². The molecule has 0 saturated carbocycles. The summed E-state index contributed by atoms with van der Waals surface area (Å²) in [6.07, 6.45) is 0. The standard InChI is InChI=1S/C16H18N8O5S3/c1-17-14-18-7(3-30-14)9(25)10(26)19-8-11(27)24-4-16(13(28)29,5-31-12(8)24)6-32-15-20-21-22-23(15)2/h3,8,12H,4-6H2,1-2H3,(H,17,18)(H,19,26)(H,28,29)/t8?,12-,16?/m1/s1. The van der Waals surface area contributed by atoms with Gasteiger partial charge in [-0.15, -0.1) is 28.2 Å². The lowest BCUT2D eigenvalue weighted by Gasteiger charge is -2.53. The Balaban J connectivity index is 1.39. The van der Waals surface area contributed by atoms with Crippen molar-refractivity contribution in [3.63, 3.8) is 0 Å². The number of carbonyl (C=O) groups is 4. The molecule has 2 aromatic heterocycles. The summed E-state index contributed by atoms with van der Waals surface area (Å²) in [7, 11) is 3.30. The van der Waals surface area contributed by atoms with Gasteiger partial charge in [0, 0.05) is 37.5 Å². The number of nitrogens with zero attached hydrogens (tertiary/aromatic N) is 6. The molecule has 16 heteroatoms. The molecule has 2 unspecified atom stereocenters. The number of thiazole rings is 1. The normalized spacial score (nSPS) is 24.4. The SMILES string of the molecule is CNc1nc(C(=O)C(=O)NC2C(=O)N3CC(CSc4nnnn4C)(C(=O)O)CS[C@H]23)cs1. The zero-order valence-electron chi connectivity index (χ0n) is 16.8. The second-order valence-corrected chi connectivity index (χ2v) is 10.1. The third kappa shape index (κ3) is 3.93. The number of hydrogen-bond donors (Lipinski definition) is 3. The number of tetrazole rings is 1. The number of hydrogen-bond acceptors (Lipinski definition) is 12. The molecule has 32 heavy (non-hydrogen) atoms. The average molecular weight is 499 g/mol. The van der Waals surface area contributed by atoms with E-state index >= 15 is 0 Å². The van der Waals surface area contributed by atoms with Crippen LogP contribution in [0, 0.1) is 5.41 Å². The monoisotopic (exact) mass is 498 g/mol. The number of Topliss-reactive ketones (excluding diaryl/α,β-unsaturated/α-hetero) is 1. The van der Waals surface area contributed by atoms with Crippen LogP contribution in [0.2, 0.25) is 0 Å². The van der Waals surface area contributed by atoms with Gasteiger partial charge in [-0.2, -0.15) is 0 Å². The first kappa shape index (κ1) is 22.5. The van der Waals surface area contributed by atoms with Crippen LogP contribution in [-0.2, 0) is 21.4 Å². The number of fused-ring (bicyclic) bond motifs is 1. The summed E-state index contributed by atoms with van der Waals surface area (Å²) in [6.45, 7) is -0.00491. The number of ketones is 1. The molecule has 2 aromatic rings. The van der Waals surface area contributed by atoms with Crippen LogP contribution in [-0.4, -0.2) is 95.3 Å². The molecule has 0 aliphatic carbocycles. The van der Waals surface area contributed by atoms with Crippen molar-refractivity contribution in [2.45, 2.75) is 16.6 Å². The van der Waals surface area contributed by atoms with E-state index in [1.54, 1.807) is 14.1 Å². The number of carbonyl (C=O) groups excluding carboxylic acids is 3. The van der Waals surface area contributed by atoms with Gasteiger partial charge < -0.3 is 20.6 Å². The summed E-state index contributed by atoms with van der Waals surface area (Å²) in [6, 6.07) is -0.888. The number of amides is 2. The van der Waals surface area contributed by atoms with Gasteiger partial charge in [0.2, 0.25) is 11.1 Å². The number of thioether (sulfide) groups is 2. The predicted molar refractivity (Wildman–Crippen MR) is 115 cm³/mol. The Morgan fingerprint density at radius 1 is 1.41 bits per heavy atom. The number of carboxylic acids is 1. The van der Waals surface area contributed by atoms with Crippen LogP contribution in [0.15, 0.2) is 10.5 Å². The average Bonchev–Trinajstić information content (AvgIpc) is 3.43. The zero-order valence-corrected chi connectivity index (χ0v) is 19.3. The van der Waals surface area contributed by atoms with E-state index in [0.29, 0.717) is 10.3 Å². The molecule has 2 aliphatic rings. The molecular formula is C16H18N8O5S3. The minimum Gasteiger partial charge on any atom is -0.481 e. The van der Waals surface area contributed by atoms with Gasteiger partial charge in [0.1, 0.15) is 22.5 Å². The van der Waals surface area contributed by atoms with Crippen molar-refractivity contribution in [3.05, 3.63) is 11.1 Å². The van der Waals surface area contributed by atoms with E-state index in [1.165, 1.54) is 49.8 Å². The lowest BCUT2D eigenvalue weighted by molar-refractivity contribution is -0.157. The number of aliphatic carboxylic acids is 1. The number of aromatic nitrogens is 5. The fourth-order valence-electron chi connectivity index (χ4n) is 3.27. The maximum absolute atomic E-state index is 12.7. The molecule has 2 aliphatic heterocycles.